The molecule has 78 valence electrons. The predicted octanol–water partition coefficient (Wildman–Crippen LogP) is 4.31. The van der Waals surface area contributed by atoms with Gasteiger partial charge in [0.25, 0.3) is 0 Å². The minimum Gasteiger partial charge on any atom is -0.508 e. The first kappa shape index (κ1) is 11.8. The maximum absolute atomic E-state index is 12.0. The molecule has 14 heavy (non-hydrogen) atoms. The molecule has 1 N–H and O–H groups in total. The molecule has 0 amide bonds. The molecule has 0 unspecified atom stereocenters. The molecule has 0 aromatic heterocycles. The zero-order valence-electron chi connectivity index (χ0n) is 6.40. The molecular formula is C7H3Cl2F3OS. The van der Waals surface area contributed by atoms with Gasteiger partial charge in [-0.15, -0.1) is 0 Å². The third kappa shape index (κ3) is 3.15. The molecule has 0 aliphatic rings. The van der Waals surface area contributed by atoms with Gasteiger partial charge in [0.2, 0.25) is 0 Å². The third-order valence-corrected chi connectivity index (χ3v) is 2.89. The molecule has 0 heterocycles. The van der Waals surface area contributed by atoms with Crippen LogP contribution in [0.15, 0.2) is 17.0 Å². The maximum atomic E-state index is 12.0. The highest BCUT2D eigenvalue weighted by Gasteiger charge is 2.31. The summed E-state index contributed by atoms with van der Waals surface area (Å²) in [6.07, 6.45) is 0. The summed E-state index contributed by atoms with van der Waals surface area (Å²) >= 11 is 10.6. The quantitative estimate of drug-likeness (QED) is 0.762. The maximum Gasteiger partial charge on any atom is 0.446 e. The zero-order valence-corrected chi connectivity index (χ0v) is 8.73. The van der Waals surface area contributed by atoms with Gasteiger partial charge in [0, 0.05) is 11.0 Å². The van der Waals surface area contributed by atoms with Gasteiger partial charge in [-0.25, -0.2) is 0 Å². The SMILES string of the molecule is Oc1cc(Cl)c(Cl)c(SC(F)(F)F)c1. The number of halogens is 5. The van der Waals surface area contributed by atoms with Crippen LogP contribution in [0.5, 0.6) is 5.75 Å². The van der Waals surface area contributed by atoms with Crippen molar-refractivity contribution in [2.24, 2.45) is 0 Å². The van der Waals surface area contributed by atoms with E-state index in [1.54, 1.807) is 0 Å². The predicted molar refractivity (Wildman–Crippen MR) is 50.0 cm³/mol. The van der Waals surface area contributed by atoms with Crippen molar-refractivity contribution in [2.45, 2.75) is 10.4 Å². The number of hydrogen-bond acceptors (Lipinski definition) is 2. The van der Waals surface area contributed by atoms with Crippen LogP contribution in [-0.4, -0.2) is 10.6 Å². The first-order chi connectivity index (χ1) is 6.29. The van der Waals surface area contributed by atoms with Gasteiger partial charge in [-0.2, -0.15) is 13.2 Å². The van der Waals surface area contributed by atoms with Crippen LogP contribution in [0.4, 0.5) is 13.2 Å². The second kappa shape index (κ2) is 4.08. The molecular weight excluding hydrogens is 260 g/mol. The number of phenolic OH excluding ortho intramolecular Hbond substituents is 1. The van der Waals surface area contributed by atoms with Crippen molar-refractivity contribution in [2.75, 3.05) is 0 Å². The van der Waals surface area contributed by atoms with Gasteiger partial charge in [0.15, 0.2) is 0 Å². The van der Waals surface area contributed by atoms with E-state index in [1.165, 1.54) is 0 Å². The normalized spacial score (nSPS) is 11.8. The molecule has 0 radical (unpaired) electrons. The fraction of sp³-hybridized carbons (Fsp3) is 0.143. The number of rotatable bonds is 1. The molecule has 0 saturated carbocycles. The molecule has 1 aromatic rings. The number of phenols is 1. The van der Waals surface area contributed by atoms with Crippen molar-refractivity contribution in [1.82, 2.24) is 0 Å². The van der Waals surface area contributed by atoms with Gasteiger partial charge >= 0.3 is 5.51 Å². The van der Waals surface area contributed by atoms with Crippen molar-refractivity contribution in [3.8, 4) is 5.75 Å². The fourth-order valence-electron chi connectivity index (χ4n) is 0.749. The number of aromatic hydroxyl groups is 1. The lowest BCUT2D eigenvalue weighted by Gasteiger charge is -2.08. The van der Waals surface area contributed by atoms with Crippen LogP contribution in [0.3, 0.4) is 0 Å². The second-order valence-corrected chi connectivity index (χ2v) is 4.18. The molecule has 7 heteroatoms. The van der Waals surface area contributed by atoms with E-state index in [0.29, 0.717) is 0 Å². The average Bonchev–Trinajstić information content (AvgIpc) is 1.96. The van der Waals surface area contributed by atoms with Crippen LogP contribution < -0.4 is 0 Å². The standard InChI is InChI=1S/C7H3Cl2F3OS/c8-4-1-3(13)2-5(6(4)9)14-7(10,11)12/h1-2,13H. The molecule has 1 aromatic carbocycles. The Morgan fingerprint density at radius 3 is 2.29 bits per heavy atom. The lowest BCUT2D eigenvalue weighted by Crippen LogP contribution is -1.99. The highest BCUT2D eigenvalue weighted by atomic mass is 35.5. The summed E-state index contributed by atoms with van der Waals surface area (Å²) in [4.78, 5) is -0.316. The van der Waals surface area contributed by atoms with E-state index >= 15 is 0 Å². The molecule has 0 aliphatic heterocycles. The molecule has 0 fully saturated rings. The van der Waals surface area contributed by atoms with Gasteiger partial charge in [-0.3, -0.25) is 0 Å². The third-order valence-electron chi connectivity index (χ3n) is 1.21. The number of alkyl halides is 3. The summed E-state index contributed by atoms with van der Waals surface area (Å²) in [5.41, 5.74) is -4.46. The van der Waals surface area contributed by atoms with Crippen molar-refractivity contribution in [1.29, 1.82) is 0 Å². The Balaban J connectivity index is 3.09. The molecule has 0 atom stereocenters. The van der Waals surface area contributed by atoms with Crippen molar-refractivity contribution >= 4 is 35.0 Å². The largest absolute Gasteiger partial charge is 0.508 e. The van der Waals surface area contributed by atoms with E-state index in [4.69, 9.17) is 28.3 Å². The van der Waals surface area contributed by atoms with Crippen molar-refractivity contribution < 1.29 is 18.3 Å². The topological polar surface area (TPSA) is 20.2 Å². The highest BCUT2D eigenvalue weighted by molar-refractivity contribution is 8.00. The van der Waals surface area contributed by atoms with E-state index in [1.807, 2.05) is 0 Å². The van der Waals surface area contributed by atoms with E-state index in [9.17, 15) is 13.2 Å². The van der Waals surface area contributed by atoms with Gasteiger partial charge in [0.1, 0.15) is 5.75 Å². The Bertz CT molecular complexity index is 354. The molecule has 0 saturated heterocycles. The lowest BCUT2D eigenvalue weighted by atomic mass is 10.3. The number of benzene rings is 1. The second-order valence-electron chi connectivity index (χ2n) is 2.29. The van der Waals surface area contributed by atoms with Crippen molar-refractivity contribution in [3.05, 3.63) is 22.2 Å². The number of thioether (sulfide) groups is 1. The summed E-state index contributed by atoms with van der Waals surface area (Å²) in [5.74, 6) is -0.355. The van der Waals surface area contributed by atoms with Crippen molar-refractivity contribution in [3.63, 3.8) is 0 Å². The Hall–Kier alpha value is -0.260. The Morgan fingerprint density at radius 1 is 1.21 bits per heavy atom. The summed E-state index contributed by atoms with van der Waals surface area (Å²) in [7, 11) is 0. The first-order valence-electron chi connectivity index (χ1n) is 3.23. The first-order valence-corrected chi connectivity index (χ1v) is 4.80. The van der Waals surface area contributed by atoms with Crippen LogP contribution in [0, 0.1) is 0 Å². The summed E-state index contributed by atoms with van der Waals surface area (Å²) in [5, 5.41) is 8.66. The van der Waals surface area contributed by atoms with E-state index < -0.39 is 17.3 Å². The zero-order chi connectivity index (χ0) is 10.9. The Morgan fingerprint density at radius 2 is 1.79 bits per heavy atom. The fourth-order valence-corrected chi connectivity index (χ4v) is 1.87. The summed E-state index contributed by atoms with van der Waals surface area (Å²) in [6.45, 7) is 0. The van der Waals surface area contributed by atoms with Gasteiger partial charge in [0.05, 0.1) is 10.0 Å². The van der Waals surface area contributed by atoms with Crippen LogP contribution in [0.25, 0.3) is 0 Å². The van der Waals surface area contributed by atoms with Crippen LogP contribution >= 0.6 is 35.0 Å². The van der Waals surface area contributed by atoms with E-state index in [-0.39, 0.29) is 20.7 Å². The average molecular weight is 263 g/mol. The monoisotopic (exact) mass is 262 g/mol. The van der Waals surface area contributed by atoms with Gasteiger partial charge in [-0.1, -0.05) is 23.2 Å². The van der Waals surface area contributed by atoms with Gasteiger partial charge < -0.3 is 5.11 Å². The molecule has 0 aliphatic carbocycles. The minimum absolute atomic E-state index is 0.113. The van der Waals surface area contributed by atoms with E-state index in [0.717, 1.165) is 12.1 Å². The Kier molecular flexibility index (Phi) is 3.44. The van der Waals surface area contributed by atoms with Crippen LogP contribution in [-0.2, 0) is 0 Å². The minimum atomic E-state index is -4.46. The summed E-state index contributed by atoms with van der Waals surface area (Å²) < 4.78 is 35.9. The Labute approximate surface area is 91.8 Å². The van der Waals surface area contributed by atoms with Crippen LogP contribution in [0.2, 0.25) is 10.0 Å². The van der Waals surface area contributed by atoms with Gasteiger partial charge in [-0.05, 0) is 17.8 Å². The molecule has 0 bridgehead atoms. The summed E-state index contributed by atoms with van der Waals surface area (Å²) in [6, 6.07) is 1.98. The molecule has 1 nitrogen and oxygen atoms in total. The lowest BCUT2D eigenvalue weighted by molar-refractivity contribution is -0.0328. The number of hydrogen-bond donors (Lipinski definition) is 1. The van der Waals surface area contributed by atoms with Crippen LogP contribution in [0.1, 0.15) is 0 Å². The smallest absolute Gasteiger partial charge is 0.446 e. The molecule has 1 rings (SSSR count). The van der Waals surface area contributed by atoms with E-state index in [2.05, 4.69) is 0 Å². The molecule has 0 spiro atoms. The highest BCUT2D eigenvalue weighted by Crippen LogP contribution is 2.44.